The molecule has 0 aliphatic carbocycles. The van der Waals surface area contributed by atoms with E-state index in [1.165, 1.54) is 0 Å². The summed E-state index contributed by atoms with van der Waals surface area (Å²) in [6.07, 6.45) is 0.378. The van der Waals surface area contributed by atoms with Gasteiger partial charge in [0.1, 0.15) is 0 Å². The fourth-order valence-electron chi connectivity index (χ4n) is 0.968. The van der Waals surface area contributed by atoms with Crippen molar-refractivity contribution in [2.24, 2.45) is 0 Å². The summed E-state index contributed by atoms with van der Waals surface area (Å²) < 4.78 is 0. The first-order chi connectivity index (χ1) is 5.83. The van der Waals surface area contributed by atoms with E-state index < -0.39 is 0 Å². The van der Waals surface area contributed by atoms with Crippen LogP contribution in [-0.2, 0) is 11.2 Å². The van der Waals surface area contributed by atoms with Gasteiger partial charge in [-0.2, -0.15) is 0 Å². The summed E-state index contributed by atoms with van der Waals surface area (Å²) in [5.41, 5.74) is 0.978. The lowest BCUT2D eigenvalue weighted by Gasteiger charge is -1.94. The van der Waals surface area contributed by atoms with Crippen LogP contribution in [-0.4, -0.2) is 12.3 Å². The monoisotopic (exact) mass is 159 g/mol. The van der Waals surface area contributed by atoms with Gasteiger partial charge >= 0.3 is 0 Å². The predicted molar refractivity (Wildman–Crippen MR) is 46.6 cm³/mol. The highest BCUT2D eigenvalue weighted by Gasteiger charge is 2.04. The zero-order chi connectivity index (χ0) is 8.81. The van der Waals surface area contributed by atoms with E-state index in [-0.39, 0.29) is 12.3 Å². The van der Waals surface area contributed by atoms with Gasteiger partial charge in [0.15, 0.2) is 0 Å². The Morgan fingerprint density at radius 2 is 2.00 bits per heavy atom. The van der Waals surface area contributed by atoms with Crippen LogP contribution in [0, 0.1) is 6.57 Å². The molecule has 1 rings (SSSR count). The van der Waals surface area contributed by atoms with Crippen LogP contribution in [0.1, 0.15) is 5.56 Å². The molecule has 1 aromatic carbocycles. The summed E-state index contributed by atoms with van der Waals surface area (Å²) in [6.45, 7) is 6.50. The average molecular weight is 159 g/mol. The molecule has 0 aliphatic heterocycles. The van der Waals surface area contributed by atoms with Crippen molar-refractivity contribution in [3.63, 3.8) is 0 Å². The molecule has 60 valence electrons. The predicted octanol–water partition coefficient (Wildman–Crippen LogP) is 1.72. The molecule has 2 heteroatoms. The number of carbonyl (C=O) groups is 1. The van der Waals surface area contributed by atoms with Crippen LogP contribution in [0.25, 0.3) is 4.85 Å². The first kappa shape index (κ1) is 8.48. The maximum Gasteiger partial charge on any atom is 0.272 e. The average Bonchev–Trinajstić information content (AvgIpc) is 2.06. The van der Waals surface area contributed by atoms with E-state index >= 15 is 0 Å². The van der Waals surface area contributed by atoms with E-state index in [2.05, 4.69) is 4.85 Å². The number of carbonyl (C=O) groups excluding carboxylic acids is 1. The Bertz CT molecular complexity index is 297. The van der Waals surface area contributed by atoms with Gasteiger partial charge in [-0.15, -0.1) is 0 Å². The first-order valence-corrected chi connectivity index (χ1v) is 3.72. The Morgan fingerprint density at radius 3 is 2.58 bits per heavy atom. The molecular weight excluding hydrogens is 150 g/mol. The lowest BCUT2D eigenvalue weighted by molar-refractivity contribution is -0.116. The largest absolute Gasteiger partial charge is 0.309 e. The Morgan fingerprint density at radius 1 is 1.33 bits per heavy atom. The lowest BCUT2D eigenvalue weighted by atomic mass is 10.1. The molecule has 0 fully saturated rings. The molecule has 0 spiro atoms. The van der Waals surface area contributed by atoms with E-state index in [1.807, 2.05) is 30.3 Å². The van der Waals surface area contributed by atoms with E-state index in [1.54, 1.807) is 0 Å². The van der Waals surface area contributed by atoms with Gasteiger partial charge in [0.2, 0.25) is 5.78 Å². The minimum atomic E-state index is -0.0174. The molecule has 0 atom stereocenters. The summed E-state index contributed by atoms with van der Waals surface area (Å²) in [5, 5.41) is 0. The number of hydrogen-bond acceptors (Lipinski definition) is 1. The van der Waals surface area contributed by atoms with E-state index in [9.17, 15) is 4.79 Å². The van der Waals surface area contributed by atoms with Crippen LogP contribution < -0.4 is 0 Å². The number of Topliss-reactive ketones (excluding diaryl/α,β-unsaturated/α-hetero) is 1. The van der Waals surface area contributed by atoms with Crippen molar-refractivity contribution in [1.82, 2.24) is 0 Å². The SMILES string of the molecule is [C-]#[N+]CC(=O)Cc1ccccc1. The fraction of sp³-hybridized carbons (Fsp3) is 0.200. The summed E-state index contributed by atoms with van der Waals surface area (Å²) in [4.78, 5) is 14.0. The van der Waals surface area contributed by atoms with E-state index in [4.69, 9.17) is 6.57 Å². The van der Waals surface area contributed by atoms with Crippen molar-refractivity contribution < 1.29 is 4.79 Å². The van der Waals surface area contributed by atoms with Gasteiger partial charge in [0.05, 0.1) is 0 Å². The van der Waals surface area contributed by atoms with E-state index in [0.29, 0.717) is 6.42 Å². The molecule has 0 radical (unpaired) electrons. The molecule has 1 aromatic rings. The van der Waals surface area contributed by atoms with Gasteiger partial charge in [0.25, 0.3) is 6.54 Å². The maximum absolute atomic E-state index is 11.0. The minimum Gasteiger partial charge on any atom is -0.309 e. The number of benzene rings is 1. The van der Waals surface area contributed by atoms with Crippen LogP contribution >= 0.6 is 0 Å². The van der Waals surface area contributed by atoms with Gasteiger partial charge in [0, 0.05) is 6.42 Å². The van der Waals surface area contributed by atoms with Gasteiger partial charge in [-0.05, 0) is 5.56 Å². The maximum atomic E-state index is 11.0. The molecule has 0 saturated carbocycles. The summed E-state index contributed by atoms with van der Waals surface area (Å²) in [7, 11) is 0. The normalized spacial score (nSPS) is 8.92. The number of hydrogen-bond donors (Lipinski definition) is 0. The second-order valence-electron chi connectivity index (χ2n) is 2.52. The molecular formula is C10H9NO. The Balaban J connectivity index is 2.54. The topological polar surface area (TPSA) is 21.4 Å². The molecule has 0 heterocycles. The lowest BCUT2D eigenvalue weighted by Crippen LogP contribution is -2.04. The molecule has 0 aliphatic rings. The third-order valence-corrected chi connectivity index (χ3v) is 1.50. The van der Waals surface area contributed by atoms with Crippen LogP contribution in [0.3, 0.4) is 0 Å². The van der Waals surface area contributed by atoms with Crippen LogP contribution in [0.4, 0.5) is 0 Å². The van der Waals surface area contributed by atoms with Crippen molar-refractivity contribution >= 4 is 5.78 Å². The second-order valence-corrected chi connectivity index (χ2v) is 2.52. The number of ketones is 1. The smallest absolute Gasteiger partial charge is 0.272 e. The fourth-order valence-corrected chi connectivity index (χ4v) is 0.968. The van der Waals surface area contributed by atoms with Gasteiger partial charge in [-0.25, -0.2) is 6.57 Å². The highest BCUT2D eigenvalue weighted by atomic mass is 16.1. The Labute approximate surface area is 71.7 Å². The van der Waals surface area contributed by atoms with E-state index in [0.717, 1.165) is 5.56 Å². The summed E-state index contributed by atoms with van der Waals surface area (Å²) in [5.74, 6) is -0.0174. The second kappa shape index (κ2) is 4.30. The van der Waals surface area contributed by atoms with Crippen LogP contribution in [0.15, 0.2) is 30.3 Å². The zero-order valence-electron chi connectivity index (χ0n) is 6.66. The van der Waals surface area contributed by atoms with Crippen LogP contribution in [0.2, 0.25) is 0 Å². The Kier molecular flexibility index (Phi) is 3.04. The van der Waals surface area contributed by atoms with Gasteiger partial charge < -0.3 is 4.85 Å². The van der Waals surface area contributed by atoms with Gasteiger partial charge in [-0.1, -0.05) is 30.3 Å². The first-order valence-electron chi connectivity index (χ1n) is 3.72. The van der Waals surface area contributed by atoms with Gasteiger partial charge in [-0.3, -0.25) is 4.79 Å². The Hall–Kier alpha value is -1.62. The summed E-state index contributed by atoms with van der Waals surface area (Å²) >= 11 is 0. The zero-order valence-corrected chi connectivity index (χ0v) is 6.66. The molecule has 12 heavy (non-hydrogen) atoms. The van der Waals surface area contributed by atoms with Crippen molar-refractivity contribution in [3.8, 4) is 0 Å². The molecule has 0 saturated heterocycles. The standard InChI is InChI=1S/C10H9NO/c1-11-8-10(12)7-9-5-3-2-4-6-9/h2-6H,7-8H2. The molecule has 2 nitrogen and oxygen atoms in total. The molecule has 0 unspecified atom stereocenters. The quantitative estimate of drug-likeness (QED) is 0.615. The third-order valence-electron chi connectivity index (χ3n) is 1.50. The number of nitrogens with zero attached hydrogens (tertiary/aromatic N) is 1. The van der Waals surface area contributed by atoms with Crippen molar-refractivity contribution in [2.45, 2.75) is 6.42 Å². The van der Waals surface area contributed by atoms with Crippen molar-refractivity contribution in [1.29, 1.82) is 0 Å². The van der Waals surface area contributed by atoms with Crippen molar-refractivity contribution in [2.75, 3.05) is 6.54 Å². The molecule has 0 bridgehead atoms. The number of rotatable bonds is 3. The molecule has 0 N–H and O–H groups in total. The minimum absolute atomic E-state index is 0.00507. The molecule has 0 amide bonds. The van der Waals surface area contributed by atoms with Crippen molar-refractivity contribution in [3.05, 3.63) is 47.3 Å². The third kappa shape index (κ3) is 2.55. The molecule has 0 aromatic heterocycles. The summed E-state index contributed by atoms with van der Waals surface area (Å²) in [6, 6.07) is 9.47. The van der Waals surface area contributed by atoms with Crippen LogP contribution in [0.5, 0.6) is 0 Å². The highest BCUT2D eigenvalue weighted by molar-refractivity contribution is 5.83. The highest BCUT2D eigenvalue weighted by Crippen LogP contribution is 1.99.